The van der Waals surface area contributed by atoms with Crippen LogP contribution in [-0.4, -0.2) is 29.1 Å². The molecule has 1 aliphatic heterocycles. The second-order valence-electron chi connectivity index (χ2n) is 4.82. The fourth-order valence-electron chi connectivity index (χ4n) is 2.31. The van der Waals surface area contributed by atoms with Crippen LogP contribution in [0.25, 0.3) is 11.0 Å². The van der Waals surface area contributed by atoms with Crippen LogP contribution in [0.1, 0.15) is 17.5 Å². The normalized spacial score (nSPS) is 16.8. The molecule has 0 saturated carbocycles. The second kappa shape index (κ2) is 4.71. The number of hydrogen-bond donors (Lipinski definition) is 0. The molecule has 0 aliphatic carbocycles. The van der Waals surface area contributed by atoms with Gasteiger partial charge in [-0.1, -0.05) is 0 Å². The number of aryl methyl sites for hydroxylation is 3. The van der Waals surface area contributed by atoms with E-state index < -0.39 is 0 Å². The average molecular weight is 246 g/mol. The van der Waals surface area contributed by atoms with Crippen molar-refractivity contribution < 1.29 is 9.47 Å². The van der Waals surface area contributed by atoms with Gasteiger partial charge in [-0.2, -0.15) is 0 Å². The molecule has 1 aromatic heterocycles. The van der Waals surface area contributed by atoms with Gasteiger partial charge >= 0.3 is 0 Å². The molecule has 0 bridgehead atoms. The second-order valence-corrected chi connectivity index (χ2v) is 4.82. The summed E-state index contributed by atoms with van der Waals surface area (Å²) < 4.78 is 13.1. The SMILES string of the molecule is Cc1cc2ncn(CCC3OCCO3)c2cc1C. The topological polar surface area (TPSA) is 36.3 Å². The first-order chi connectivity index (χ1) is 8.74. The van der Waals surface area contributed by atoms with Crippen LogP contribution in [-0.2, 0) is 16.0 Å². The summed E-state index contributed by atoms with van der Waals surface area (Å²) in [6, 6.07) is 4.35. The van der Waals surface area contributed by atoms with Crippen LogP contribution >= 0.6 is 0 Å². The van der Waals surface area contributed by atoms with Crippen molar-refractivity contribution in [1.29, 1.82) is 0 Å². The summed E-state index contributed by atoms with van der Waals surface area (Å²) in [5, 5.41) is 0. The Labute approximate surface area is 107 Å². The summed E-state index contributed by atoms with van der Waals surface area (Å²) in [5.41, 5.74) is 4.84. The molecule has 2 heterocycles. The molecule has 1 aliphatic rings. The van der Waals surface area contributed by atoms with E-state index in [0.717, 1.165) is 18.5 Å². The van der Waals surface area contributed by atoms with Gasteiger partial charge < -0.3 is 14.0 Å². The minimum absolute atomic E-state index is 0.0472. The molecule has 0 unspecified atom stereocenters. The van der Waals surface area contributed by atoms with Gasteiger partial charge in [-0.15, -0.1) is 0 Å². The van der Waals surface area contributed by atoms with Crippen molar-refractivity contribution in [3.63, 3.8) is 0 Å². The molecular weight excluding hydrogens is 228 g/mol. The van der Waals surface area contributed by atoms with Gasteiger partial charge in [-0.3, -0.25) is 0 Å². The fraction of sp³-hybridized carbons (Fsp3) is 0.500. The van der Waals surface area contributed by atoms with E-state index >= 15 is 0 Å². The van der Waals surface area contributed by atoms with Gasteiger partial charge in [0.25, 0.3) is 0 Å². The van der Waals surface area contributed by atoms with Crippen molar-refractivity contribution in [2.24, 2.45) is 0 Å². The van der Waals surface area contributed by atoms with Crippen LogP contribution in [0, 0.1) is 13.8 Å². The standard InChI is InChI=1S/C14H18N2O2/c1-10-7-12-13(8-11(10)2)16(9-15-12)4-3-14-17-5-6-18-14/h7-9,14H,3-6H2,1-2H3. The maximum Gasteiger partial charge on any atom is 0.159 e. The Kier molecular flexibility index (Phi) is 3.06. The van der Waals surface area contributed by atoms with E-state index in [9.17, 15) is 0 Å². The minimum Gasteiger partial charge on any atom is -0.350 e. The molecule has 18 heavy (non-hydrogen) atoms. The quantitative estimate of drug-likeness (QED) is 0.834. The molecule has 1 saturated heterocycles. The Hall–Kier alpha value is -1.39. The van der Waals surface area contributed by atoms with Crippen molar-refractivity contribution in [2.75, 3.05) is 13.2 Å². The van der Waals surface area contributed by atoms with Crippen LogP contribution in [0.2, 0.25) is 0 Å². The summed E-state index contributed by atoms with van der Waals surface area (Å²) in [6.07, 6.45) is 2.73. The summed E-state index contributed by atoms with van der Waals surface area (Å²) in [7, 11) is 0. The number of rotatable bonds is 3. The Bertz CT molecular complexity index is 556. The minimum atomic E-state index is -0.0472. The molecule has 0 spiro atoms. The number of nitrogens with zero attached hydrogens (tertiary/aromatic N) is 2. The Morgan fingerprint density at radius 2 is 1.94 bits per heavy atom. The smallest absolute Gasteiger partial charge is 0.159 e. The molecule has 4 heteroatoms. The van der Waals surface area contributed by atoms with Crippen LogP contribution in [0.15, 0.2) is 18.5 Å². The Morgan fingerprint density at radius 1 is 1.22 bits per heavy atom. The zero-order valence-electron chi connectivity index (χ0n) is 10.8. The summed E-state index contributed by atoms with van der Waals surface area (Å²) >= 11 is 0. The third-order valence-corrected chi connectivity index (χ3v) is 3.53. The lowest BCUT2D eigenvalue weighted by Gasteiger charge is -2.10. The maximum absolute atomic E-state index is 5.45. The molecule has 3 rings (SSSR count). The van der Waals surface area contributed by atoms with Crippen LogP contribution in [0.4, 0.5) is 0 Å². The first kappa shape index (κ1) is 11.7. The van der Waals surface area contributed by atoms with Gasteiger partial charge in [0.2, 0.25) is 0 Å². The molecule has 0 radical (unpaired) electrons. The van der Waals surface area contributed by atoms with E-state index in [-0.39, 0.29) is 6.29 Å². The van der Waals surface area contributed by atoms with Crippen LogP contribution in [0.3, 0.4) is 0 Å². The van der Waals surface area contributed by atoms with Crippen molar-refractivity contribution in [2.45, 2.75) is 33.1 Å². The fourth-order valence-corrected chi connectivity index (χ4v) is 2.31. The van der Waals surface area contributed by atoms with Crippen molar-refractivity contribution in [1.82, 2.24) is 9.55 Å². The lowest BCUT2D eigenvalue weighted by molar-refractivity contribution is -0.0488. The van der Waals surface area contributed by atoms with Gasteiger partial charge in [-0.25, -0.2) is 4.98 Å². The Balaban J connectivity index is 1.81. The highest BCUT2D eigenvalue weighted by atomic mass is 16.7. The van der Waals surface area contributed by atoms with Gasteiger partial charge in [0, 0.05) is 13.0 Å². The van der Waals surface area contributed by atoms with E-state index in [4.69, 9.17) is 9.47 Å². The van der Waals surface area contributed by atoms with E-state index in [1.807, 2.05) is 6.33 Å². The summed E-state index contributed by atoms with van der Waals surface area (Å²) in [6.45, 7) is 6.56. The highest BCUT2D eigenvalue weighted by Gasteiger charge is 2.16. The van der Waals surface area contributed by atoms with Crippen molar-refractivity contribution in [3.05, 3.63) is 29.6 Å². The number of imidazole rings is 1. The average Bonchev–Trinajstić information content (AvgIpc) is 2.97. The number of hydrogen-bond acceptors (Lipinski definition) is 3. The molecule has 4 nitrogen and oxygen atoms in total. The zero-order valence-corrected chi connectivity index (χ0v) is 10.8. The number of fused-ring (bicyclic) bond motifs is 1. The lowest BCUT2D eigenvalue weighted by Crippen LogP contribution is -2.11. The maximum atomic E-state index is 5.45. The van der Waals surface area contributed by atoms with Crippen molar-refractivity contribution >= 4 is 11.0 Å². The third-order valence-electron chi connectivity index (χ3n) is 3.53. The molecular formula is C14H18N2O2. The highest BCUT2D eigenvalue weighted by Crippen LogP contribution is 2.19. The van der Waals surface area contributed by atoms with E-state index in [1.165, 1.54) is 16.6 Å². The first-order valence-corrected chi connectivity index (χ1v) is 6.39. The largest absolute Gasteiger partial charge is 0.350 e. The van der Waals surface area contributed by atoms with E-state index in [1.54, 1.807) is 0 Å². The van der Waals surface area contributed by atoms with Gasteiger partial charge in [0.15, 0.2) is 6.29 Å². The molecule has 0 atom stereocenters. The zero-order chi connectivity index (χ0) is 12.5. The van der Waals surface area contributed by atoms with E-state index in [0.29, 0.717) is 13.2 Å². The predicted octanol–water partition coefficient (Wildman–Crippen LogP) is 2.42. The van der Waals surface area contributed by atoms with Gasteiger partial charge in [0.1, 0.15) is 0 Å². The molecule has 0 N–H and O–H groups in total. The molecule has 1 aromatic carbocycles. The van der Waals surface area contributed by atoms with E-state index in [2.05, 4.69) is 35.5 Å². The highest BCUT2D eigenvalue weighted by molar-refractivity contribution is 5.77. The number of aromatic nitrogens is 2. The van der Waals surface area contributed by atoms with Crippen LogP contribution in [0.5, 0.6) is 0 Å². The first-order valence-electron chi connectivity index (χ1n) is 6.39. The summed E-state index contributed by atoms with van der Waals surface area (Å²) in [5.74, 6) is 0. The van der Waals surface area contributed by atoms with Crippen molar-refractivity contribution in [3.8, 4) is 0 Å². The summed E-state index contributed by atoms with van der Waals surface area (Å²) in [4.78, 5) is 4.45. The molecule has 2 aromatic rings. The molecule has 96 valence electrons. The number of ether oxygens (including phenoxy) is 2. The lowest BCUT2D eigenvalue weighted by atomic mass is 10.1. The number of benzene rings is 1. The third kappa shape index (κ3) is 2.13. The predicted molar refractivity (Wildman–Crippen MR) is 69.5 cm³/mol. The monoisotopic (exact) mass is 246 g/mol. The van der Waals surface area contributed by atoms with Crippen LogP contribution < -0.4 is 0 Å². The molecule has 1 fully saturated rings. The van der Waals surface area contributed by atoms with Gasteiger partial charge in [0.05, 0.1) is 30.6 Å². The molecule has 0 amide bonds. The van der Waals surface area contributed by atoms with Gasteiger partial charge in [-0.05, 0) is 37.1 Å². The Morgan fingerprint density at radius 3 is 2.72 bits per heavy atom.